The van der Waals surface area contributed by atoms with Gasteiger partial charge in [-0.1, -0.05) is 6.92 Å². The van der Waals surface area contributed by atoms with Crippen molar-refractivity contribution in [1.82, 2.24) is 24.7 Å². The molecule has 1 aliphatic rings. The van der Waals surface area contributed by atoms with Gasteiger partial charge in [-0.25, -0.2) is 4.98 Å². The Balaban J connectivity index is 1.79. The van der Waals surface area contributed by atoms with Crippen molar-refractivity contribution in [3.8, 4) is 0 Å². The van der Waals surface area contributed by atoms with Gasteiger partial charge in [-0.3, -0.25) is 4.79 Å². The molecule has 112 valence electrons. The lowest BCUT2D eigenvalue weighted by molar-refractivity contribution is -0.133. The molecular weight excluding hydrogens is 254 g/mol. The van der Waals surface area contributed by atoms with Crippen LogP contribution in [0.3, 0.4) is 0 Å². The summed E-state index contributed by atoms with van der Waals surface area (Å²) in [6, 6.07) is 0. The molecule has 1 N–H and O–H groups in total. The molecule has 0 aliphatic carbocycles. The van der Waals surface area contributed by atoms with Crippen molar-refractivity contribution in [3.05, 3.63) is 18.2 Å². The molecule has 6 heteroatoms. The van der Waals surface area contributed by atoms with Gasteiger partial charge in [0.15, 0.2) is 0 Å². The van der Waals surface area contributed by atoms with Crippen LogP contribution in [0.25, 0.3) is 0 Å². The fraction of sp³-hybridized carbons (Fsp3) is 0.714. The van der Waals surface area contributed by atoms with Crippen molar-refractivity contribution < 1.29 is 4.79 Å². The van der Waals surface area contributed by atoms with E-state index in [9.17, 15) is 4.79 Å². The highest BCUT2D eigenvalue weighted by Gasteiger charge is 2.19. The molecule has 0 saturated carbocycles. The molecule has 0 atom stereocenters. The Morgan fingerprint density at radius 2 is 2.10 bits per heavy atom. The van der Waals surface area contributed by atoms with Crippen LogP contribution >= 0.6 is 0 Å². The van der Waals surface area contributed by atoms with E-state index in [1.165, 1.54) is 0 Å². The van der Waals surface area contributed by atoms with E-state index >= 15 is 0 Å². The average Bonchev–Trinajstić information content (AvgIpc) is 2.87. The Hall–Kier alpha value is -1.40. The number of hydrogen-bond acceptors (Lipinski definition) is 4. The minimum atomic E-state index is 0.189. The predicted molar refractivity (Wildman–Crippen MR) is 78.6 cm³/mol. The molecule has 0 bridgehead atoms. The first kappa shape index (κ1) is 15.0. The molecule has 1 aromatic rings. The van der Waals surface area contributed by atoms with Gasteiger partial charge in [-0.2, -0.15) is 0 Å². The summed E-state index contributed by atoms with van der Waals surface area (Å²) >= 11 is 0. The highest BCUT2D eigenvalue weighted by atomic mass is 16.2. The van der Waals surface area contributed by atoms with Crippen LogP contribution in [0.2, 0.25) is 0 Å². The highest BCUT2D eigenvalue weighted by molar-refractivity contribution is 5.76. The van der Waals surface area contributed by atoms with Gasteiger partial charge in [0.2, 0.25) is 5.91 Å². The van der Waals surface area contributed by atoms with E-state index in [2.05, 4.69) is 29.2 Å². The number of likely N-dealkylation sites (N-methyl/N-ethyl adjacent to an activating group) is 2. The lowest BCUT2D eigenvalue weighted by Crippen LogP contribution is -2.48. The Morgan fingerprint density at radius 1 is 1.35 bits per heavy atom. The fourth-order valence-electron chi connectivity index (χ4n) is 2.33. The Morgan fingerprint density at radius 3 is 2.80 bits per heavy atom. The number of nitrogens with zero attached hydrogens (tertiary/aromatic N) is 4. The maximum Gasteiger partial charge on any atom is 0.242 e. The SMILES string of the molecule is CCNCCc1cn(CC(=O)N2CCN(C)CC2)cn1. The summed E-state index contributed by atoms with van der Waals surface area (Å²) in [5, 5.41) is 3.27. The van der Waals surface area contributed by atoms with E-state index in [0.717, 1.165) is 51.4 Å². The smallest absolute Gasteiger partial charge is 0.242 e. The molecule has 1 amide bonds. The van der Waals surface area contributed by atoms with Crippen molar-refractivity contribution in [2.45, 2.75) is 19.9 Å². The zero-order chi connectivity index (χ0) is 14.4. The van der Waals surface area contributed by atoms with Crippen LogP contribution in [0.1, 0.15) is 12.6 Å². The maximum absolute atomic E-state index is 12.2. The zero-order valence-electron chi connectivity index (χ0n) is 12.5. The fourth-order valence-corrected chi connectivity index (χ4v) is 2.33. The molecule has 0 radical (unpaired) electrons. The van der Waals surface area contributed by atoms with Gasteiger partial charge in [0.1, 0.15) is 6.54 Å². The number of rotatable bonds is 6. The van der Waals surface area contributed by atoms with Crippen LogP contribution in [0.15, 0.2) is 12.5 Å². The molecule has 1 aromatic heterocycles. The average molecular weight is 279 g/mol. The monoisotopic (exact) mass is 279 g/mol. The zero-order valence-corrected chi connectivity index (χ0v) is 12.5. The summed E-state index contributed by atoms with van der Waals surface area (Å²) in [6.45, 7) is 7.98. The summed E-state index contributed by atoms with van der Waals surface area (Å²) in [4.78, 5) is 20.7. The van der Waals surface area contributed by atoms with Crippen molar-refractivity contribution in [2.75, 3.05) is 46.3 Å². The van der Waals surface area contributed by atoms with Gasteiger partial charge in [0.05, 0.1) is 12.0 Å². The number of piperazine rings is 1. The van der Waals surface area contributed by atoms with Crippen LogP contribution in [0, 0.1) is 0 Å². The summed E-state index contributed by atoms with van der Waals surface area (Å²) in [5.41, 5.74) is 1.04. The molecule has 0 unspecified atom stereocenters. The largest absolute Gasteiger partial charge is 0.339 e. The topological polar surface area (TPSA) is 53.4 Å². The first-order chi connectivity index (χ1) is 9.69. The second-order valence-corrected chi connectivity index (χ2v) is 5.32. The number of carbonyl (C=O) groups excluding carboxylic acids is 1. The molecule has 6 nitrogen and oxygen atoms in total. The summed E-state index contributed by atoms with van der Waals surface area (Å²) in [6.07, 6.45) is 4.64. The minimum Gasteiger partial charge on any atom is -0.339 e. The normalized spacial score (nSPS) is 16.6. The molecule has 2 heterocycles. The predicted octanol–water partition coefficient (Wildman–Crippen LogP) is -0.191. The Bertz CT molecular complexity index is 423. The summed E-state index contributed by atoms with van der Waals surface area (Å²) < 4.78 is 1.89. The summed E-state index contributed by atoms with van der Waals surface area (Å²) in [7, 11) is 2.09. The van der Waals surface area contributed by atoms with Gasteiger partial charge in [-0.15, -0.1) is 0 Å². The lowest BCUT2D eigenvalue weighted by Gasteiger charge is -2.32. The first-order valence-electron chi connectivity index (χ1n) is 7.36. The molecule has 1 aliphatic heterocycles. The van der Waals surface area contributed by atoms with E-state index in [4.69, 9.17) is 0 Å². The van der Waals surface area contributed by atoms with Crippen molar-refractivity contribution in [2.24, 2.45) is 0 Å². The molecule has 2 rings (SSSR count). The second-order valence-electron chi connectivity index (χ2n) is 5.32. The molecular formula is C14H25N5O. The third kappa shape index (κ3) is 4.31. The molecule has 1 saturated heterocycles. The molecule has 20 heavy (non-hydrogen) atoms. The number of amides is 1. The first-order valence-corrected chi connectivity index (χ1v) is 7.36. The van der Waals surface area contributed by atoms with Crippen LogP contribution in [-0.2, 0) is 17.8 Å². The number of nitrogens with one attached hydrogen (secondary N) is 1. The van der Waals surface area contributed by atoms with Crippen LogP contribution < -0.4 is 5.32 Å². The van der Waals surface area contributed by atoms with Gasteiger partial charge in [0.25, 0.3) is 0 Å². The quantitative estimate of drug-likeness (QED) is 0.733. The lowest BCUT2D eigenvalue weighted by atomic mass is 10.3. The minimum absolute atomic E-state index is 0.189. The molecule has 0 aromatic carbocycles. The van der Waals surface area contributed by atoms with Crippen LogP contribution in [0.4, 0.5) is 0 Å². The van der Waals surface area contributed by atoms with Crippen LogP contribution in [0.5, 0.6) is 0 Å². The van der Waals surface area contributed by atoms with E-state index < -0.39 is 0 Å². The van der Waals surface area contributed by atoms with Crippen LogP contribution in [-0.4, -0.2) is 71.6 Å². The second kappa shape index (κ2) is 7.40. The van der Waals surface area contributed by atoms with Crippen molar-refractivity contribution in [3.63, 3.8) is 0 Å². The third-order valence-corrected chi connectivity index (χ3v) is 3.67. The molecule has 0 spiro atoms. The van der Waals surface area contributed by atoms with Crippen molar-refractivity contribution in [1.29, 1.82) is 0 Å². The van der Waals surface area contributed by atoms with Gasteiger partial charge in [-0.05, 0) is 13.6 Å². The summed E-state index contributed by atoms with van der Waals surface area (Å²) in [5.74, 6) is 0.189. The maximum atomic E-state index is 12.2. The number of imidazole rings is 1. The third-order valence-electron chi connectivity index (χ3n) is 3.67. The number of aromatic nitrogens is 2. The molecule has 1 fully saturated rings. The number of hydrogen-bond donors (Lipinski definition) is 1. The highest BCUT2D eigenvalue weighted by Crippen LogP contribution is 2.03. The Kier molecular flexibility index (Phi) is 5.55. The van der Waals surface area contributed by atoms with Gasteiger partial charge in [0, 0.05) is 45.3 Å². The van der Waals surface area contributed by atoms with E-state index in [-0.39, 0.29) is 5.91 Å². The van der Waals surface area contributed by atoms with Gasteiger partial charge >= 0.3 is 0 Å². The Labute approximate surface area is 120 Å². The van der Waals surface area contributed by atoms with E-state index in [1.54, 1.807) is 6.33 Å². The number of carbonyl (C=O) groups is 1. The van der Waals surface area contributed by atoms with E-state index in [1.807, 2.05) is 15.7 Å². The van der Waals surface area contributed by atoms with Gasteiger partial charge < -0.3 is 19.7 Å². The van der Waals surface area contributed by atoms with E-state index in [0.29, 0.717) is 6.54 Å². The standard InChI is InChI=1S/C14H25N5O/c1-3-15-5-4-13-10-18(12-16-13)11-14(20)19-8-6-17(2)7-9-19/h10,12,15H,3-9,11H2,1-2H3. The van der Waals surface area contributed by atoms with Crippen molar-refractivity contribution >= 4 is 5.91 Å².